The summed E-state index contributed by atoms with van der Waals surface area (Å²) in [5.74, 6) is -0.708. The van der Waals surface area contributed by atoms with E-state index in [0.717, 1.165) is 6.07 Å². The summed E-state index contributed by atoms with van der Waals surface area (Å²) in [6.07, 6.45) is 0. The number of aliphatic hydroxyl groups is 1. The molecule has 0 spiro atoms. The van der Waals surface area contributed by atoms with Crippen LogP contribution in [0.2, 0.25) is 0 Å². The second-order valence-electron chi connectivity index (χ2n) is 3.41. The lowest BCUT2D eigenvalue weighted by molar-refractivity contribution is -0.387. The van der Waals surface area contributed by atoms with Gasteiger partial charge in [-0.1, -0.05) is 6.92 Å². The van der Waals surface area contributed by atoms with Crippen LogP contribution in [0, 0.1) is 10.1 Å². The highest BCUT2D eigenvalue weighted by atomic mass is 32.2. The van der Waals surface area contributed by atoms with Crippen molar-refractivity contribution in [3.8, 4) is 0 Å². The molecule has 17 heavy (non-hydrogen) atoms. The molecule has 1 aromatic rings. The van der Waals surface area contributed by atoms with Crippen LogP contribution >= 0.6 is 11.8 Å². The standard InChI is InChI=1S/C10H12N2O4S/c1-6(5-13)17-9-3-2-7(10(11)14)4-8(9)12(15)16/h2-4,6,13H,5H2,1H3,(H2,11,14). The van der Waals surface area contributed by atoms with Gasteiger partial charge in [-0.2, -0.15) is 0 Å². The smallest absolute Gasteiger partial charge is 0.283 e. The van der Waals surface area contributed by atoms with Crippen molar-refractivity contribution < 1.29 is 14.8 Å². The maximum Gasteiger partial charge on any atom is 0.283 e. The van der Waals surface area contributed by atoms with Gasteiger partial charge in [0.1, 0.15) is 0 Å². The first kappa shape index (κ1) is 13.5. The molecular weight excluding hydrogens is 244 g/mol. The number of amides is 1. The minimum absolute atomic E-state index is 0.0839. The summed E-state index contributed by atoms with van der Waals surface area (Å²) in [5, 5.41) is 19.6. The predicted molar refractivity (Wildman–Crippen MR) is 64.0 cm³/mol. The Bertz CT molecular complexity index is 450. The van der Waals surface area contributed by atoms with Gasteiger partial charge in [-0.05, 0) is 12.1 Å². The molecule has 0 aromatic heterocycles. The van der Waals surface area contributed by atoms with Gasteiger partial charge in [-0.3, -0.25) is 14.9 Å². The molecule has 1 amide bonds. The summed E-state index contributed by atoms with van der Waals surface area (Å²) in [7, 11) is 0. The van der Waals surface area contributed by atoms with Crippen LogP contribution in [0.1, 0.15) is 17.3 Å². The van der Waals surface area contributed by atoms with Crippen LogP contribution in [0.5, 0.6) is 0 Å². The summed E-state index contributed by atoms with van der Waals surface area (Å²) in [4.78, 5) is 21.6. The van der Waals surface area contributed by atoms with Gasteiger partial charge in [0.05, 0.1) is 16.4 Å². The number of hydrogen-bond acceptors (Lipinski definition) is 5. The first-order valence-corrected chi connectivity index (χ1v) is 5.69. The SMILES string of the molecule is CC(CO)Sc1ccc(C(N)=O)cc1[N+](=O)[O-]. The largest absolute Gasteiger partial charge is 0.395 e. The Hall–Kier alpha value is -1.60. The van der Waals surface area contributed by atoms with Crippen molar-refractivity contribution in [2.75, 3.05) is 6.61 Å². The third kappa shape index (κ3) is 3.43. The molecule has 0 bridgehead atoms. The number of thioether (sulfide) groups is 1. The molecule has 1 rings (SSSR count). The maximum atomic E-state index is 10.9. The van der Waals surface area contributed by atoms with Gasteiger partial charge in [0.15, 0.2) is 0 Å². The van der Waals surface area contributed by atoms with E-state index in [1.165, 1.54) is 23.9 Å². The van der Waals surface area contributed by atoms with E-state index < -0.39 is 10.8 Å². The average molecular weight is 256 g/mol. The van der Waals surface area contributed by atoms with Crippen LogP contribution in [0.15, 0.2) is 23.1 Å². The van der Waals surface area contributed by atoms with Gasteiger partial charge in [0, 0.05) is 16.9 Å². The number of benzene rings is 1. The van der Waals surface area contributed by atoms with Crippen molar-refractivity contribution in [3.05, 3.63) is 33.9 Å². The van der Waals surface area contributed by atoms with Gasteiger partial charge in [0.25, 0.3) is 5.69 Å². The van der Waals surface area contributed by atoms with Crippen LogP contribution in [-0.4, -0.2) is 27.8 Å². The number of aliphatic hydroxyl groups excluding tert-OH is 1. The van der Waals surface area contributed by atoms with Gasteiger partial charge in [0.2, 0.25) is 5.91 Å². The molecule has 0 aliphatic carbocycles. The molecule has 3 N–H and O–H groups in total. The fraction of sp³-hybridized carbons (Fsp3) is 0.300. The van der Waals surface area contributed by atoms with Crippen LogP contribution < -0.4 is 5.73 Å². The Balaban J connectivity index is 3.13. The number of nitrogens with two attached hydrogens (primary N) is 1. The van der Waals surface area contributed by atoms with Crippen molar-refractivity contribution in [1.82, 2.24) is 0 Å². The number of rotatable bonds is 5. The normalized spacial score (nSPS) is 12.1. The lowest BCUT2D eigenvalue weighted by Gasteiger charge is -2.08. The predicted octanol–water partition coefficient (Wildman–Crippen LogP) is 1.17. The average Bonchev–Trinajstić information content (AvgIpc) is 2.28. The van der Waals surface area contributed by atoms with Crippen molar-refractivity contribution in [2.45, 2.75) is 17.1 Å². The quantitative estimate of drug-likeness (QED) is 0.467. The number of nitro benzene ring substituents is 1. The monoisotopic (exact) mass is 256 g/mol. The molecule has 0 aliphatic heterocycles. The van der Waals surface area contributed by atoms with Crippen LogP contribution in [0.25, 0.3) is 0 Å². The lowest BCUT2D eigenvalue weighted by atomic mass is 10.2. The summed E-state index contributed by atoms with van der Waals surface area (Å²) in [6.45, 7) is 1.66. The highest BCUT2D eigenvalue weighted by Gasteiger charge is 2.18. The molecule has 0 aliphatic rings. The van der Waals surface area contributed by atoms with E-state index in [1.807, 2.05) is 0 Å². The van der Waals surface area contributed by atoms with Crippen molar-refractivity contribution in [3.63, 3.8) is 0 Å². The number of carbonyl (C=O) groups excluding carboxylic acids is 1. The molecule has 1 aromatic carbocycles. The summed E-state index contributed by atoms with van der Waals surface area (Å²) in [5.41, 5.74) is 4.97. The zero-order valence-electron chi connectivity index (χ0n) is 9.12. The molecule has 0 heterocycles. The second kappa shape index (κ2) is 5.65. The first-order valence-electron chi connectivity index (χ1n) is 4.81. The van der Waals surface area contributed by atoms with E-state index in [-0.39, 0.29) is 23.1 Å². The summed E-state index contributed by atoms with van der Waals surface area (Å²) in [6, 6.07) is 4.05. The topological polar surface area (TPSA) is 106 Å². The molecule has 92 valence electrons. The number of carbonyl (C=O) groups is 1. The minimum atomic E-state index is -0.708. The molecule has 0 saturated carbocycles. The van der Waals surface area contributed by atoms with Gasteiger partial charge < -0.3 is 10.8 Å². The Labute approximate surface area is 102 Å². The van der Waals surface area contributed by atoms with Gasteiger partial charge >= 0.3 is 0 Å². The summed E-state index contributed by atoms with van der Waals surface area (Å²) < 4.78 is 0. The van der Waals surface area contributed by atoms with E-state index in [1.54, 1.807) is 6.92 Å². The second-order valence-corrected chi connectivity index (χ2v) is 4.90. The van der Waals surface area contributed by atoms with E-state index in [0.29, 0.717) is 4.90 Å². The van der Waals surface area contributed by atoms with Crippen LogP contribution in [0.4, 0.5) is 5.69 Å². The molecule has 0 saturated heterocycles. The Morgan fingerprint density at radius 2 is 2.29 bits per heavy atom. The number of hydrogen-bond donors (Lipinski definition) is 2. The Kier molecular flexibility index (Phi) is 4.47. The van der Waals surface area contributed by atoms with Crippen LogP contribution in [-0.2, 0) is 0 Å². The number of nitrogens with zero attached hydrogens (tertiary/aromatic N) is 1. The molecule has 1 atom stereocenters. The fourth-order valence-electron chi connectivity index (χ4n) is 1.17. The van der Waals surface area contributed by atoms with Gasteiger partial charge in [-0.25, -0.2) is 0 Å². The zero-order valence-corrected chi connectivity index (χ0v) is 9.94. The van der Waals surface area contributed by atoms with Gasteiger partial charge in [-0.15, -0.1) is 11.8 Å². The highest BCUT2D eigenvalue weighted by molar-refractivity contribution is 8.00. The Morgan fingerprint density at radius 3 is 2.76 bits per heavy atom. The zero-order chi connectivity index (χ0) is 13.0. The summed E-state index contributed by atoms with van der Waals surface area (Å²) >= 11 is 1.18. The van der Waals surface area contributed by atoms with E-state index in [4.69, 9.17) is 10.8 Å². The fourth-order valence-corrected chi connectivity index (χ4v) is 2.08. The third-order valence-electron chi connectivity index (χ3n) is 2.03. The maximum absolute atomic E-state index is 10.9. The van der Waals surface area contributed by atoms with Crippen molar-refractivity contribution in [1.29, 1.82) is 0 Å². The molecular formula is C10H12N2O4S. The molecule has 7 heteroatoms. The molecule has 0 radical (unpaired) electrons. The highest BCUT2D eigenvalue weighted by Crippen LogP contribution is 2.32. The number of nitro groups is 1. The molecule has 0 fully saturated rings. The first-order chi connectivity index (χ1) is 7.95. The lowest BCUT2D eigenvalue weighted by Crippen LogP contribution is -2.11. The van der Waals surface area contributed by atoms with E-state index in [2.05, 4.69) is 0 Å². The van der Waals surface area contributed by atoms with Crippen molar-refractivity contribution in [2.24, 2.45) is 5.73 Å². The van der Waals surface area contributed by atoms with E-state index >= 15 is 0 Å². The third-order valence-corrected chi connectivity index (χ3v) is 3.18. The van der Waals surface area contributed by atoms with Crippen LogP contribution in [0.3, 0.4) is 0 Å². The minimum Gasteiger partial charge on any atom is -0.395 e. The molecule has 1 unspecified atom stereocenters. The Morgan fingerprint density at radius 1 is 1.65 bits per heavy atom. The number of primary amides is 1. The molecule has 6 nitrogen and oxygen atoms in total. The van der Waals surface area contributed by atoms with Crippen molar-refractivity contribution >= 4 is 23.4 Å². The van der Waals surface area contributed by atoms with E-state index in [9.17, 15) is 14.9 Å².